The zero-order chi connectivity index (χ0) is 21.9. The number of benzene rings is 2. The Balaban J connectivity index is 2.06. The highest BCUT2D eigenvalue weighted by molar-refractivity contribution is 5.98. The lowest BCUT2D eigenvalue weighted by molar-refractivity contribution is -0.384. The largest absolute Gasteiger partial charge is 0.508 e. The van der Waals surface area contributed by atoms with Crippen LogP contribution in [-0.2, 0) is 11.2 Å². The average Bonchev–Trinajstić information content (AvgIpc) is 2.74. The van der Waals surface area contributed by atoms with Gasteiger partial charge in [-0.2, -0.15) is 0 Å². The molecule has 0 saturated heterocycles. The van der Waals surface area contributed by atoms with Crippen molar-refractivity contribution in [3.8, 4) is 5.75 Å². The predicted octanol–water partition coefficient (Wildman–Crippen LogP) is 2.99. The normalized spacial score (nSPS) is 11.6. The Hall–Kier alpha value is -3.26. The molecule has 2 aromatic carbocycles. The van der Waals surface area contributed by atoms with Gasteiger partial charge >= 0.3 is 0 Å². The maximum Gasteiger partial charge on any atom is 0.269 e. The summed E-state index contributed by atoms with van der Waals surface area (Å²) in [6, 6.07) is 11.0. The Morgan fingerprint density at radius 2 is 1.73 bits per heavy atom. The number of phenols is 1. The van der Waals surface area contributed by atoms with E-state index in [0.717, 1.165) is 25.1 Å². The molecule has 0 aliphatic rings. The van der Waals surface area contributed by atoms with Crippen LogP contribution in [0.15, 0.2) is 48.5 Å². The molecule has 0 aliphatic carbocycles. The molecule has 0 radical (unpaired) electrons. The summed E-state index contributed by atoms with van der Waals surface area (Å²) in [5.41, 5.74) is 0.941. The van der Waals surface area contributed by atoms with E-state index >= 15 is 0 Å². The quantitative estimate of drug-likeness (QED) is 0.279. The number of carbonyl (C=O) groups excluding carboxylic acids is 2. The van der Waals surface area contributed by atoms with Crippen molar-refractivity contribution in [2.45, 2.75) is 38.6 Å². The standard InChI is InChI=1S/C22H27N3O5/c1-2-13-23-14-3-4-21(27)20(15-16-5-11-19(26)12-6-16)24-22(28)17-7-9-18(10-8-17)25(29)30/h5-12,20,23,26H,2-4,13-15H2,1H3,(H,24,28). The van der Waals surface area contributed by atoms with Crippen LogP contribution in [-0.4, -0.2) is 40.9 Å². The number of ketones is 1. The zero-order valence-electron chi connectivity index (χ0n) is 17.0. The number of amides is 1. The molecule has 2 rings (SSSR count). The van der Waals surface area contributed by atoms with Crippen molar-refractivity contribution in [1.29, 1.82) is 0 Å². The van der Waals surface area contributed by atoms with Gasteiger partial charge < -0.3 is 15.7 Å². The first-order valence-corrected chi connectivity index (χ1v) is 9.97. The molecule has 0 fully saturated rings. The van der Waals surface area contributed by atoms with Crippen molar-refractivity contribution < 1.29 is 19.6 Å². The number of nitro groups is 1. The van der Waals surface area contributed by atoms with E-state index in [1.165, 1.54) is 36.4 Å². The number of nitrogens with zero attached hydrogens (tertiary/aromatic N) is 1. The first-order valence-electron chi connectivity index (χ1n) is 9.97. The second-order valence-corrected chi connectivity index (χ2v) is 7.02. The SMILES string of the molecule is CCCNCCCC(=O)C(Cc1ccc(O)cc1)NC(=O)c1ccc([N+](=O)[O-])cc1. The van der Waals surface area contributed by atoms with Gasteiger partial charge in [0.1, 0.15) is 5.75 Å². The number of phenolic OH excluding ortho intramolecular Hbond substituents is 1. The van der Waals surface area contributed by atoms with E-state index < -0.39 is 16.9 Å². The van der Waals surface area contributed by atoms with Gasteiger partial charge in [0.05, 0.1) is 11.0 Å². The smallest absolute Gasteiger partial charge is 0.269 e. The van der Waals surface area contributed by atoms with E-state index in [1.807, 2.05) is 0 Å². The summed E-state index contributed by atoms with van der Waals surface area (Å²) in [7, 11) is 0. The Kier molecular flexibility index (Phi) is 8.96. The van der Waals surface area contributed by atoms with Crippen LogP contribution in [0.4, 0.5) is 5.69 Å². The molecule has 0 aromatic heterocycles. The molecule has 1 amide bonds. The van der Waals surface area contributed by atoms with Gasteiger partial charge in [-0.05, 0) is 62.2 Å². The summed E-state index contributed by atoms with van der Waals surface area (Å²) in [6.45, 7) is 3.68. The summed E-state index contributed by atoms with van der Waals surface area (Å²) in [5, 5.41) is 26.2. The fraction of sp³-hybridized carbons (Fsp3) is 0.364. The van der Waals surface area contributed by atoms with Crippen molar-refractivity contribution in [1.82, 2.24) is 10.6 Å². The molecule has 0 spiro atoms. The van der Waals surface area contributed by atoms with Crippen molar-refractivity contribution in [2.75, 3.05) is 13.1 Å². The van der Waals surface area contributed by atoms with E-state index in [4.69, 9.17) is 0 Å². The van der Waals surface area contributed by atoms with Gasteiger partial charge in [0, 0.05) is 24.1 Å². The summed E-state index contributed by atoms with van der Waals surface area (Å²) >= 11 is 0. The first kappa shape index (κ1) is 23.0. The first-order chi connectivity index (χ1) is 14.4. The highest BCUT2D eigenvalue weighted by Crippen LogP contribution is 2.15. The third-order valence-electron chi connectivity index (χ3n) is 4.61. The number of hydrogen-bond donors (Lipinski definition) is 3. The number of nitrogens with one attached hydrogen (secondary N) is 2. The number of Topliss-reactive ketones (excluding diaryl/α,β-unsaturated/α-hetero) is 1. The molecular weight excluding hydrogens is 386 g/mol. The number of nitro benzene ring substituents is 1. The van der Waals surface area contributed by atoms with Gasteiger partial charge in [0.25, 0.3) is 11.6 Å². The van der Waals surface area contributed by atoms with Crippen molar-refractivity contribution in [3.05, 3.63) is 69.8 Å². The number of aromatic hydroxyl groups is 1. The molecule has 2 aromatic rings. The highest BCUT2D eigenvalue weighted by atomic mass is 16.6. The van der Waals surface area contributed by atoms with E-state index in [2.05, 4.69) is 17.6 Å². The molecule has 160 valence electrons. The summed E-state index contributed by atoms with van der Waals surface area (Å²) < 4.78 is 0. The summed E-state index contributed by atoms with van der Waals surface area (Å²) in [4.78, 5) is 35.6. The van der Waals surface area contributed by atoms with Crippen LogP contribution in [0.5, 0.6) is 5.75 Å². The van der Waals surface area contributed by atoms with Gasteiger partial charge in [-0.3, -0.25) is 19.7 Å². The van der Waals surface area contributed by atoms with Gasteiger partial charge in [-0.25, -0.2) is 0 Å². The van der Waals surface area contributed by atoms with E-state index in [1.54, 1.807) is 12.1 Å². The maximum atomic E-state index is 12.8. The lowest BCUT2D eigenvalue weighted by Gasteiger charge is -2.18. The minimum absolute atomic E-state index is 0.0864. The van der Waals surface area contributed by atoms with Crippen LogP contribution in [0.2, 0.25) is 0 Å². The van der Waals surface area contributed by atoms with Crippen molar-refractivity contribution in [3.63, 3.8) is 0 Å². The Morgan fingerprint density at radius 1 is 1.07 bits per heavy atom. The molecule has 1 atom stereocenters. The minimum Gasteiger partial charge on any atom is -0.508 e. The van der Waals surface area contributed by atoms with Crippen LogP contribution in [0.1, 0.15) is 42.1 Å². The Morgan fingerprint density at radius 3 is 2.33 bits per heavy atom. The van der Waals surface area contributed by atoms with E-state index in [0.29, 0.717) is 19.3 Å². The topological polar surface area (TPSA) is 122 Å². The monoisotopic (exact) mass is 413 g/mol. The van der Waals surface area contributed by atoms with Crippen LogP contribution in [0.3, 0.4) is 0 Å². The molecule has 0 saturated carbocycles. The number of carbonyl (C=O) groups is 2. The van der Waals surface area contributed by atoms with Gasteiger partial charge in [0.2, 0.25) is 0 Å². The average molecular weight is 413 g/mol. The highest BCUT2D eigenvalue weighted by Gasteiger charge is 2.22. The molecule has 8 heteroatoms. The summed E-state index contributed by atoms with van der Waals surface area (Å²) in [5.74, 6) is -0.429. The third-order valence-corrected chi connectivity index (χ3v) is 4.61. The second kappa shape index (κ2) is 11.7. The van der Waals surface area contributed by atoms with Crippen LogP contribution in [0.25, 0.3) is 0 Å². The molecule has 0 aliphatic heterocycles. The lowest BCUT2D eigenvalue weighted by atomic mass is 9.99. The van der Waals surface area contributed by atoms with Gasteiger partial charge in [0.15, 0.2) is 5.78 Å². The molecule has 1 unspecified atom stereocenters. The molecule has 0 heterocycles. The van der Waals surface area contributed by atoms with Crippen LogP contribution >= 0.6 is 0 Å². The maximum absolute atomic E-state index is 12.8. The molecule has 3 N–H and O–H groups in total. The van der Waals surface area contributed by atoms with Gasteiger partial charge in [-0.1, -0.05) is 19.1 Å². The lowest BCUT2D eigenvalue weighted by Crippen LogP contribution is -2.42. The predicted molar refractivity (Wildman–Crippen MR) is 114 cm³/mol. The molecule has 0 bridgehead atoms. The third kappa shape index (κ3) is 7.29. The van der Waals surface area contributed by atoms with E-state index in [-0.39, 0.29) is 22.8 Å². The van der Waals surface area contributed by atoms with Crippen molar-refractivity contribution >= 4 is 17.4 Å². The van der Waals surface area contributed by atoms with Crippen molar-refractivity contribution in [2.24, 2.45) is 0 Å². The fourth-order valence-corrected chi connectivity index (χ4v) is 2.95. The second-order valence-electron chi connectivity index (χ2n) is 7.02. The van der Waals surface area contributed by atoms with Crippen LogP contribution < -0.4 is 10.6 Å². The van der Waals surface area contributed by atoms with Crippen LogP contribution in [0, 0.1) is 10.1 Å². The van der Waals surface area contributed by atoms with Gasteiger partial charge in [-0.15, -0.1) is 0 Å². The molecular formula is C22H27N3O5. The van der Waals surface area contributed by atoms with E-state index in [9.17, 15) is 24.8 Å². The number of rotatable bonds is 12. The fourth-order valence-electron chi connectivity index (χ4n) is 2.95. The molecule has 8 nitrogen and oxygen atoms in total. The number of hydrogen-bond acceptors (Lipinski definition) is 6. The minimum atomic E-state index is -0.733. The Bertz CT molecular complexity index is 850. The molecule has 30 heavy (non-hydrogen) atoms. The summed E-state index contributed by atoms with van der Waals surface area (Å²) in [6.07, 6.45) is 2.29. The Labute approximate surface area is 175 Å². The number of non-ortho nitro benzene ring substituents is 1. The zero-order valence-corrected chi connectivity index (χ0v) is 17.0.